The van der Waals surface area contributed by atoms with Crippen LogP contribution in [0.2, 0.25) is 10.0 Å². The summed E-state index contributed by atoms with van der Waals surface area (Å²) in [5.41, 5.74) is 0. The summed E-state index contributed by atoms with van der Waals surface area (Å²) in [5.74, 6) is 0. The Bertz CT molecular complexity index is 687. The molecule has 0 nitrogen and oxygen atoms in total. The third kappa shape index (κ3) is 1.46. The lowest BCUT2D eigenvalue weighted by molar-refractivity contribution is 1.76. The predicted molar refractivity (Wildman–Crippen MR) is 71.5 cm³/mol. The molecule has 0 spiro atoms. The smallest absolute Gasteiger partial charge is 0.0670 e. The molecular formula is C14H8Cl2. The summed E-state index contributed by atoms with van der Waals surface area (Å²) < 4.78 is 0. The Morgan fingerprint density at radius 2 is 1.38 bits per heavy atom. The molecule has 0 unspecified atom stereocenters. The van der Waals surface area contributed by atoms with Gasteiger partial charge in [-0.15, -0.1) is 0 Å². The van der Waals surface area contributed by atoms with Gasteiger partial charge in [-0.1, -0.05) is 53.5 Å². The van der Waals surface area contributed by atoms with Crippen LogP contribution in [0.1, 0.15) is 0 Å². The number of rotatable bonds is 0. The SMILES string of the molecule is Clc1ccc2cc3ccccc3cc2c1Cl. The van der Waals surface area contributed by atoms with E-state index in [1.165, 1.54) is 10.8 Å². The fourth-order valence-electron chi connectivity index (χ4n) is 1.95. The second-order valence-electron chi connectivity index (χ2n) is 3.78. The van der Waals surface area contributed by atoms with Gasteiger partial charge in [0.25, 0.3) is 0 Å². The highest BCUT2D eigenvalue weighted by molar-refractivity contribution is 6.45. The van der Waals surface area contributed by atoms with Crippen LogP contribution in [0.5, 0.6) is 0 Å². The number of benzene rings is 3. The van der Waals surface area contributed by atoms with Crippen LogP contribution in [-0.2, 0) is 0 Å². The minimum Gasteiger partial charge on any atom is -0.0827 e. The van der Waals surface area contributed by atoms with Crippen molar-refractivity contribution in [3.8, 4) is 0 Å². The second kappa shape index (κ2) is 3.65. The third-order valence-electron chi connectivity index (χ3n) is 2.77. The highest BCUT2D eigenvalue weighted by atomic mass is 35.5. The van der Waals surface area contributed by atoms with Gasteiger partial charge in [-0.05, 0) is 34.4 Å². The third-order valence-corrected chi connectivity index (χ3v) is 3.59. The van der Waals surface area contributed by atoms with Gasteiger partial charge in [0, 0.05) is 5.39 Å². The van der Waals surface area contributed by atoms with Crippen LogP contribution >= 0.6 is 23.2 Å². The van der Waals surface area contributed by atoms with E-state index in [1.54, 1.807) is 0 Å². The van der Waals surface area contributed by atoms with E-state index < -0.39 is 0 Å². The van der Waals surface area contributed by atoms with E-state index in [0.717, 1.165) is 10.8 Å². The van der Waals surface area contributed by atoms with Gasteiger partial charge in [-0.25, -0.2) is 0 Å². The molecule has 3 aromatic carbocycles. The van der Waals surface area contributed by atoms with E-state index in [4.69, 9.17) is 23.2 Å². The topological polar surface area (TPSA) is 0 Å². The number of hydrogen-bond acceptors (Lipinski definition) is 0. The molecule has 0 saturated carbocycles. The molecule has 78 valence electrons. The standard InChI is InChI=1S/C14H8Cl2/c15-13-6-5-11-7-9-3-1-2-4-10(9)8-12(11)14(13)16/h1-8H. The van der Waals surface area contributed by atoms with E-state index in [0.29, 0.717) is 10.0 Å². The molecule has 16 heavy (non-hydrogen) atoms. The molecule has 0 heterocycles. The fourth-order valence-corrected chi connectivity index (χ4v) is 2.34. The Hall–Kier alpha value is -1.24. The average Bonchev–Trinajstić information content (AvgIpc) is 2.32. The van der Waals surface area contributed by atoms with Gasteiger partial charge in [0.15, 0.2) is 0 Å². The normalized spacial score (nSPS) is 11.1. The summed E-state index contributed by atoms with van der Waals surface area (Å²) in [6.45, 7) is 0. The van der Waals surface area contributed by atoms with Crippen molar-refractivity contribution < 1.29 is 0 Å². The van der Waals surface area contributed by atoms with Gasteiger partial charge in [0.05, 0.1) is 10.0 Å². The summed E-state index contributed by atoms with van der Waals surface area (Å²) in [5, 5.41) is 5.75. The molecule has 0 saturated heterocycles. The van der Waals surface area contributed by atoms with E-state index in [2.05, 4.69) is 24.3 Å². The Balaban J connectivity index is 2.51. The number of halogens is 2. The minimum atomic E-state index is 0.601. The molecule has 0 aliphatic carbocycles. The lowest BCUT2D eigenvalue weighted by atomic mass is 10.0. The van der Waals surface area contributed by atoms with Crippen molar-refractivity contribution in [3.05, 3.63) is 58.6 Å². The summed E-state index contributed by atoms with van der Waals surface area (Å²) in [6, 6.07) is 16.3. The zero-order valence-electron chi connectivity index (χ0n) is 8.37. The highest BCUT2D eigenvalue weighted by Gasteiger charge is 2.04. The largest absolute Gasteiger partial charge is 0.0827 e. The van der Waals surface area contributed by atoms with Crippen LogP contribution in [0.3, 0.4) is 0 Å². The van der Waals surface area contributed by atoms with Gasteiger partial charge < -0.3 is 0 Å². The van der Waals surface area contributed by atoms with Crippen molar-refractivity contribution in [2.45, 2.75) is 0 Å². The van der Waals surface area contributed by atoms with Crippen LogP contribution in [0, 0.1) is 0 Å². The summed E-state index contributed by atoms with van der Waals surface area (Å²) >= 11 is 12.2. The zero-order valence-corrected chi connectivity index (χ0v) is 9.89. The first-order valence-corrected chi connectivity index (χ1v) is 5.78. The van der Waals surface area contributed by atoms with Crippen LogP contribution in [0.4, 0.5) is 0 Å². The van der Waals surface area contributed by atoms with Crippen molar-refractivity contribution in [2.24, 2.45) is 0 Å². The maximum atomic E-state index is 6.19. The van der Waals surface area contributed by atoms with Crippen molar-refractivity contribution in [1.29, 1.82) is 0 Å². The van der Waals surface area contributed by atoms with Crippen LogP contribution in [0.25, 0.3) is 21.5 Å². The minimum absolute atomic E-state index is 0.601. The average molecular weight is 247 g/mol. The van der Waals surface area contributed by atoms with Crippen LogP contribution in [-0.4, -0.2) is 0 Å². The summed E-state index contributed by atoms with van der Waals surface area (Å²) in [7, 11) is 0. The van der Waals surface area contributed by atoms with Crippen LogP contribution < -0.4 is 0 Å². The number of hydrogen-bond donors (Lipinski definition) is 0. The first kappa shape index (κ1) is 9.95. The van der Waals surface area contributed by atoms with E-state index >= 15 is 0 Å². The quantitative estimate of drug-likeness (QED) is 0.473. The second-order valence-corrected chi connectivity index (χ2v) is 4.57. The lowest BCUT2D eigenvalue weighted by Crippen LogP contribution is -1.78. The molecule has 2 heteroatoms. The summed E-state index contributed by atoms with van der Waals surface area (Å²) in [4.78, 5) is 0. The maximum Gasteiger partial charge on any atom is 0.0670 e. The Labute approximate surface area is 103 Å². The molecule has 3 rings (SSSR count). The Kier molecular flexibility index (Phi) is 2.27. The van der Waals surface area contributed by atoms with E-state index in [-0.39, 0.29) is 0 Å². The molecule has 0 aliphatic rings. The molecule has 0 aromatic heterocycles. The molecule has 0 amide bonds. The molecule has 0 aliphatic heterocycles. The van der Waals surface area contributed by atoms with Crippen molar-refractivity contribution in [2.75, 3.05) is 0 Å². The molecule has 0 N–H and O–H groups in total. The monoisotopic (exact) mass is 246 g/mol. The van der Waals surface area contributed by atoms with Gasteiger partial charge in [0.1, 0.15) is 0 Å². The molecule has 0 radical (unpaired) electrons. The van der Waals surface area contributed by atoms with E-state index in [1.807, 2.05) is 24.3 Å². The maximum absolute atomic E-state index is 6.19. The van der Waals surface area contributed by atoms with E-state index in [9.17, 15) is 0 Å². The lowest BCUT2D eigenvalue weighted by Gasteiger charge is -2.05. The molecule has 0 fully saturated rings. The summed E-state index contributed by atoms with van der Waals surface area (Å²) in [6.07, 6.45) is 0. The van der Waals surface area contributed by atoms with Crippen LogP contribution in [0.15, 0.2) is 48.5 Å². The molecule has 0 atom stereocenters. The Morgan fingerprint density at radius 3 is 2.12 bits per heavy atom. The van der Waals surface area contributed by atoms with Gasteiger partial charge in [0.2, 0.25) is 0 Å². The van der Waals surface area contributed by atoms with Gasteiger partial charge in [-0.2, -0.15) is 0 Å². The van der Waals surface area contributed by atoms with Crippen molar-refractivity contribution in [1.82, 2.24) is 0 Å². The molecule has 3 aromatic rings. The number of fused-ring (bicyclic) bond motifs is 2. The molecular weight excluding hydrogens is 239 g/mol. The first-order chi connectivity index (χ1) is 7.75. The zero-order chi connectivity index (χ0) is 11.1. The fraction of sp³-hybridized carbons (Fsp3) is 0. The van der Waals surface area contributed by atoms with Gasteiger partial charge >= 0.3 is 0 Å². The highest BCUT2D eigenvalue weighted by Crippen LogP contribution is 2.33. The Morgan fingerprint density at radius 1 is 0.688 bits per heavy atom. The first-order valence-electron chi connectivity index (χ1n) is 5.02. The van der Waals surface area contributed by atoms with Crippen molar-refractivity contribution >= 4 is 44.7 Å². The van der Waals surface area contributed by atoms with Gasteiger partial charge in [-0.3, -0.25) is 0 Å². The molecule has 0 bridgehead atoms. The predicted octanol–water partition coefficient (Wildman–Crippen LogP) is 5.30. The van der Waals surface area contributed by atoms with Crippen molar-refractivity contribution in [3.63, 3.8) is 0 Å².